The molecular weight excluding hydrogens is 350 g/mol. The van der Waals surface area contributed by atoms with Gasteiger partial charge in [-0.3, -0.25) is 9.59 Å². The summed E-state index contributed by atoms with van der Waals surface area (Å²) in [5.74, 6) is -0.150. The Balaban J connectivity index is 1.55. The second kappa shape index (κ2) is 6.37. The molecule has 140 valence electrons. The Kier molecular flexibility index (Phi) is 3.83. The van der Waals surface area contributed by atoms with Crippen molar-refractivity contribution < 1.29 is 4.79 Å². The minimum atomic E-state index is -0.150. The molecule has 5 heteroatoms. The van der Waals surface area contributed by atoms with Gasteiger partial charge in [-0.15, -0.1) is 0 Å². The number of fused-ring (bicyclic) bond motifs is 4. The highest BCUT2D eigenvalue weighted by Gasteiger charge is 2.26. The van der Waals surface area contributed by atoms with Crippen LogP contribution >= 0.6 is 0 Å². The average Bonchev–Trinajstić information content (AvgIpc) is 3.10. The molecule has 4 aromatic rings. The predicted octanol–water partition coefficient (Wildman–Crippen LogP) is 3.83. The number of benzene rings is 2. The first kappa shape index (κ1) is 16.8. The third-order valence-electron chi connectivity index (χ3n) is 5.76. The fourth-order valence-corrected chi connectivity index (χ4v) is 4.39. The van der Waals surface area contributed by atoms with E-state index in [0.717, 1.165) is 30.5 Å². The summed E-state index contributed by atoms with van der Waals surface area (Å²) in [6, 6.07) is 15.5. The number of aromatic nitrogens is 2. The third-order valence-corrected chi connectivity index (χ3v) is 5.76. The van der Waals surface area contributed by atoms with Gasteiger partial charge in [0.1, 0.15) is 0 Å². The summed E-state index contributed by atoms with van der Waals surface area (Å²) >= 11 is 0. The van der Waals surface area contributed by atoms with Gasteiger partial charge in [0.25, 0.3) is 11.5 Å². The number of pyridine rings is 1. The van der Waals surface area contributed by atoms with E-state index in [1.54, 1.807) is 19.3 Å². The van der Waals surface area contributed by atoms with Crippen molar-refractivity contribution >= 4 is 27.6 Å². The van der Waals surface area contributed by atoms with Crippen LogP contribution in [0.1, 0.15) is 40.5 Å². The Labute approximate surface area is 162 Å². The van der Waals surface area contributed by atoms with Crippen molar-refractivity contribution in [3.05, 3.63) is 81.9 Å². The molecular formula is C23H21N3O2. The summed E-state index contributed by atoms with van der Waals surface area (Å²) in [6.07, 6.45) is 4.59. The fraction of sp³-hybridized carbons (Fsp3) is 0.217. The number of para-hydroxylation sites is 1. The van der Waals surface area contributed by atoms with E-state index >= 15 is 0 Å². The number of hydrogen-bond donors (Lipinski definition) is 2. The molecule has 2 heterocycles. The monoisotopic (exact) mass is 371 g/mol. The van der Waals surface area contributed by atoms with Crippen molar-refractivity contribution in [2.24, 2.45) is 7.05 Å². The molecule has 1 amide bonds. The lowest BCUT2D eigenvalue weighted by Crippen LogP contribution is -2.32. The summed E-state index contributed by atoms with van der Waals surface area (Å²) in [7, 11) is 1.68. The zero-order chi connectivity index (χ0) is 19.3. The lowest BCUT2D eigenvalue weighted by atomic mass is 9.91. The summed E-state index contributed by atoms with van der Waals surface area (Å²) < 4.78 is 1.48. The number of aryl methyl sites for hydroxylation is 2. The van der Waals surface area contributed by atoms with Crippen LogP contribution in [-0.2, 0) is 13.5 Å². The average molecular weight is 371 g/mol. The highest BCUT2D eigenvalue weighted by Crippen LogP contribution is 2.34. The van der Waals surface area contributed by atoms with Gasteiger partial charge in [0.05, 0.1) is 11.6 Å². The zero-order valence-electron chi connectivity index (χ0n) is 15.7. The quantitative estimate of drug-likeness (QED) is 0.562. The summed E-state index contributed by atoms with van der Waals surface area (Å²) in [5, 5.41) is 5.70. The van der Waals surface area contributed by atoms with E-state index in [1.165, 1.54) is 15.5 Å². The number of carbonyl (C=O) groups excluding carboxylic acids is 1. The number of nitrogens with zero attached hydrogens (tertiary/aromatic N) is 1. The lowest BCUT2D eigenvalue weighted by molar-refractivity contribution is 0.0933. The Bertz CT molecular complexity index is 1280. The van der Waals surface area contributed by atoms with Gasteiger partial charge < -0.3 is 14.9 Å². The number of hydrogen-bond acceptors (Lipinski definition) is 2. The van der Waals surface area contributed by atoms with Crippen molar-refractivity contribution in [2.45, 2.75) is 25.3 Å². The first-order valence-corrected chi connectivity index (χ1v) is 9.62. The predicted molar refractivity (Wildman–Crippen MR) is 111 cm³/mol. The highest BCUT2D eigenvalue weighted by atomic mass is 16.2. The molecule has 0 saturated heterocycles. The van der Waals surface area contributed by atoms with Crippen LogP contribution in [0.25, 0.3) is 21.7 Å². The molecule has 0 bridgehead atoms. The molecule has 5 rings (SSSR count). The van der Waals surface area contributed by atoms with Crippen molar-refractivity contribution in [3.8, 4) is 0 Å². The minimum Gasteiger partial charge on any atom is -0.356 e. The van der Waals surface area contributed by atoms with Crippen LogP contribution in [0.15, 0.2) is 59.5 Å². The maximum Gasteiger partial charge on any atom is 0.258 e. The highest BCUT2D eigenvalue weighted by molar-refractivity contribution is 6.06. The van der Waals surface area contributed by atoms with Gasteiger partial charge in [0.15, 0.2) is 0 Å². The maximum atomic E-state index is 13.2. The Morgan fingerprint density at radius 1 is 1.07 bits per heavy atom. The van der Waals surface area contributed by atoms with E-state index in [-0.39, 0.29) is 17.5 Å². The summed E-state index contributed by atoms with van der Waals surface area (Å²) in [4.78, 5) is 29.1. The van der Waals surface area contributed by atoms with Gasteiger partial charge >= 0.3 is 0 Å². The molecule has 0 spiro atoms. The van der Waals surface area contributed by atoms with Gasteiger partial charge in [-0.2, -0.15) is 0 Å². The molecule has 5 nitrogen and oxygen atoms in total. The number of nitrogens with one attached hydrogen (secondary N) is 2. The normalized spacial score (nSPS) is 16.2. The van der Waals surface area contributed by atoms with E-state index in [1.807, 2.05) is 24.3 Å². The first-order valence-electron chi connectivity index (χ1n) is 9.62. The Hall–Kier alpha value is -3.34. The van der Waals surface area contributed by atoms with Crippen LogP contribution in [0.4, 0.5) is 0 Å². The molecule has 2 N–H and O–H groups in total. The van der Waals surface area contributed by atoms with E-state index in [0.29, 0.717) is 16.3 Å². The maximum absolute atomic E-state index is 13.2. The van der Waals surface area contributed by atoms with Crippen molar-refractivity contribution in [1.29, 1.82) is 0 Å². The number of amides is 1. The standard InChI is InChI=1S/C23H21N3O2/c1-26-13-18(14-7-2-3-9-17(14)23(26)28)22(27)25-20-12-6-10-16-15-8-4-5-11-19(15)24-21(16)20/h2-5,7-9,11,13,20,24H,6,10,12H2,1H3,(H,25,27). The van der Waals surface area contributed by atoms with E-state index in [2.05, 4.69) is 28.5 Å². The van der Waals surface area contributed by atoms with E-state index < -0.39 is 0 Å². The van der Waals surface area contributed by atoms with Gasteiger partial charge in [-0.1, -0.05) is 36.4 Å². The van der Waals surface area contributed by atoms with Crippen LogP contribution < -0.4 is 10.9 Å². The SMILES string of the molecule is Cn1cc(C(=O)NC2CCCc3c2[nH]c2ccccc32)c2ccccc2c1=O. The first-order chi connectivity index (χ1) is 13.6. The topological polar surface area (TPSA) is 66.9 Å². The molecule has 1 unspecified atom stereocenters. The van der Waals surface area contributed by atoms with Crippen molar-refractivity contribution in [3.63, 3.8) is 0 Å². The zero-order valence-corrected chi connectivity index (χ0v) is 15.7. The Morgan fingerprint density at radius 3 is 2.61 bits per heavy atom. The van der Waals surface area contributed by atoms with Gasteiger partial charge in [-0.05, 0) is 37.0 Å². The number of rotatable bonds is 2. The molecule has 0 fully saturated rings. The molecule has 2 aromatic heterocycles. The molecule has 1 atom stereocenters. The third kappa shape index (κ3) is 2.54. The summed E-state index contributed by atoms with van der Waals surface area (Å²) in [6.45, 7) is 0. The van der Waals surface area contributed by atoms with Gasteiger partial charge in [0.2, 0.25) is 0 Å². The number of carbonyl (C=O) groups is 1. The largest absolute Gasteiger partial charge is 0.356 e. The Morgan fingerprint density at radius 2 is 1.79 bits per heavy atom. The molecule has 1 aliphatic carbocycles. The van der Waals surface area contributed by atoms with Crippen LogP contribution in [0.5, 0.6) is 0 Å². The van der Waals surface area contributed by atoms with Gasteiger partial charge in [0, 0.05) is 40.6 Å². The van der Waals surface area contributed by atoms with Crippen LogP contribution in [-0.4, -0.2) is 15.5 Å². The molecule has 2 aromatic carbocycles. The van der Waals surface area contributed by atoms with Crippen LogP contribution in [0, 0.1) is 0 Å². The second-order valence-electron chi connectivity index (χ2n) is 7.49. The molecule has 0 saturated carbocycles. The number of H-pyrrole nitrogens is 1. The fourth-order valence-electron chi connectivity index (χ4n) is 4.39. The van der Waals surface area contributed by atoms with Crippen molar-refractivity contribution in [2.75, 3.05) is 0 Å². The van der Waals surface area contributed by atoms with Crippen LogP contribution in [0.3, 0.4) is 0 Å². The minimum absolute atomic E-state index is 0.0559. The molecule has 0 aliphatic heterocycles. The molecule has 0 radical (unpaired) electrons. The van der Waals surface area contributed by atoms with Crippen LogP contribution in [0.2, 0.25) is 0 Å². The lowest BCUT2D eigenvalue weighted by Gasteiger charge is -2.24. The smallest absolute Gasteiger partial charge is 0.258 e. The summed E-state index contributed by atoms with van der Waals surface area (Å²) in [5.41, 5.74) is 3.96. The molecule has 28 heavy (non-hydrogen) atoms. The van der Waals surface area contributed by atoms with Crippen molar-refractivity contribution in [1.82, 2.24) is 14.9 Å². The number of aromatic amines is 1. The second-order valence-corrected chi connectivity index (χ2v) is 7.49. The van der Waals surface area contributed by atoms with E-state index in [9.17, 15) is 9.59 Å². The van der Waals surface area contributed by atoms with E-state index in [4.69, 9.17) is 0 Å². The molecule has 1 aliphatic rings. The van der Waals surface area contributed by atoms with Gasteiger partial charge in [-0.25, -0.2) is 0 Å².